The van der Waals surface area contributed by atoms with Crippen LogP contribution in [0, 0.1) is 0 Å². The van der Waals surface area contributed by atoms with Gasteiger partial charge in [-0.05, 0) is 24.1 Å². The molecule has 2 rings (SSSR count). The zero-order chi connectivity index (χ0) is 18.3. The van der Waals surface area contributed by atoms with Crippen LogP contribution in [0.1, 0.15) is 5.56 Å². The molecular weight excluding hydrogens is 332 g/mol. The van der Waals surface area contributed by atoms with Crippen LogP contribution in [-0.4, -0.2) is 44.0 Å². The predicted octanol–water partition coefficient (Wildman–Crippen LogP) is 4.60. The maximum Gasteiger partial charge on any atom is 0.433 e. The van der Waals surface area contributed by atoms with Gasteiger partial charge < -0.3 is 9.72 Å². The Hall–Kier alpha value is -2.05. The summed E-state index contributed by atoms with van der Waals surface area (Å²) in [4.78, 5) is 21.0. The van der Waals surface area contributed by atoms with Crippen molar-refractivity contribution in [1.82, 2.24) is 10.0 Å². The van der Waals surface area contributed by atoms with Gasteiger partial charge in [-0.15, -0.1) is 6.58 Å². The highest BCUT2D eigenvalue weighted by Crippen LogP contribution is 2.18. The minimum atomic E-state index is -1.23. The molecule has 0 spiro atoms. The topological polar surface area (TPSA) is 54.6 Å². The minimum Gasteiger partial charge on any atom is -0.448 e. The molecule has 25 heavy (non-hydrogen) atoms. The molecule has 136 valence electrons. The first-order valence-corrected chi connectivity index (χ1v) is 12.3. The number of amides is 1. The zero-order valence-corrected chi connectivity index (χ0v) is 16.4. The van der Waals surface area contributed by atoms with Gasteiger partial charge in [-0.1, -0.05) is 43.9 Å². The van der Waals surface area contributed by atoms with E-state index in [0.717, 1.165) is 17.1 Å². The lowest BCUT2D eigenvalue weighted by molar-refractivity contribution is -0.124. The lowest BCUT2D eigenvalue weighted by Gasteiger charge is -2.22. The Morgan fingerprint density at radius 3 is 2.80 bits per heavy atom. The number of hydrogen-bond donors (Lipinski definition) is 1. The molecule has 1 aromatic heterocycles. The summed E-state index contributed by atoms with van der Waals surface area (Å²) in [6.45, 7) is 11.5. The lowest BCUT2D eigenvalue weighted by Crippen LogP contribution is -2.35. The monoisotopic (exact) mass is 360 g/mol. The van der Waals surface area contributed by atoms with Crippen LogP contribution in [-0.2, 0) is 16.0 Å². The van der Waals surface area contributed by atoms with Crippen LogP contribution < -0.4 is 0 Å². The van der Waals surface area contributed by atoms with Crippen molar-refractivity contribution in [2.24, 2.45) is 0 Å². The van der Waals surface area contributed by atoms with Crippen molar-refractivity contribution in [2.45, 2.75) is 32.1 Å². The second kappa shape index (κ2) is 8.87. The molecule has 1 N–H and O–H groups in total. The van der Waals surface area contributed by atoms with Crippen molar-refractivity contribution in [3.8, 4) is 0 Å². The number of carbonyl (C=O) groups is 1. The fourth-order valence-electron chi connectivity index (χ4n) is 2.43. The summed E-state index contributed by atoms with van der Waals surface area (Å²) in [5, 5.41) is 2.46. The van der Waals surface area contributed by atoms with E-state index in [-0.39, 0.29) is 6.61 Å². The van der Waals surface area contributed by atoms with Crippen molar-refractivity contribution < 1.29 is 14.4 Å². The van der Waals surface area contributed by atoms with Crippen molar-refractivity contribution in [3.63, 3.8) is 0 Å². The molecular formula is C19H28N2O3Si. The summed E-state index contributed by atoms with van der Waals surface area (Å²) < 4.78 is 5.39. The van der Waals surface area contributed by atoms with E-state index in [2.05, 4.69) is 37.3 Å². The SMILES string of the molecule is C=CCON(CCc1c[nH]c2ccccc12)C(=O)OCC[Si](C)(C)C. The average molecular weight is 361 g/mol. The number of H-pyrrole nitrogens is 1. The molecule has 5 nitrogen and oxygen atoms in total. The maximum atomic E-state index is 12.3. The van der Waals surface area contributed by atoms with Crippen LogP contribution in [0.15, 0.2) is 43.1 Å². The molecule has 0 radical (unpaired) electrons. The number of nitrogens with zero attached hydrogens (tertiary/aromatic N) is 1. The molecule has 1 aromatic carbocycles. The van der Waals surface area contributed by atoms with Gasteiger partial charge in [-0.3, -0.25) is 4.84 Å². The molecule has 0 saturated carbocycles. The fourth-order valence-corrected chi connectivity index (χ4v) is 3.14. The van der Waals surface area contributed by atoms with Crippen molar-refractivity contribution in [3.05, 3.63) is 48.7 Å². The third-order valence-corrected chi connectivity index (χ3v) is 5.59. The number of nitrogens with one attached hydrogen (secondary N) is 1. The molecule has 1 heterocycles. The second-order valence-electron chi connectivity index (χ2n) is 7.22. The normalized spacial score (nSPS) is 11.5. The molecule has 0 aliphatic carbocycles. The van der Waals surface area contributed by atoms with Gasteiger partial charge in [0.1, 0.15) is 0 Å². The Morgan fingerprint density at radius 2 is 2.08 bits per heavy atom. The summed E-state index contributed by atoms with van der Waals surface area (Å²) >= 11 is 0. The molecule has 0 aliphatic rings. The number of rotatable bonds is 9. The van der Waals surface area contributed by atoms with Gasteiger partial charge in [0.25, 0.3) is 0 Å². The Balaban J connectivity index is 1.94. The number of fused-ring (bicyclic) bond motifs is 1. The number of hydroxylamine groups is 2. The molecule has 0 atom stereocenters. The standard InChI is InChI=1S/C19H28N2O3Si/c1-5-12-24-21(19(22)23-13-14-25(2,3)4)11-10-16-15-20-18-9-7-6-8-17(16)18/h5-9,15,20H,1,10-14H2,2-4H3. The quantitative estimate of drug-likeness (QED) is 0.404. The van der Waals surface area contributed by atoms with Crippen molar-refractivity contribution in [1.29, 1.82) is 0 Å². The smallest absolute Gasteiger partial charge is 0.433 e. The van der Waals surface area contributed by atoms with Crippen molar-refractivity contribution in [2.75, 3.05) is 19.8 Å². The van der Waals surface area contributed by atoms with E-state index in [9.17, 15) is 4.79 Å². The van der Waals surface area contributed by atoms with E-state index in [4.69, 9.17) is 9.57 Å². The third-order valence-electron chi connectivity index (χ3n) is 3.89. The van der Waals surface area contributed by atoms with Gasteiger partial charge in [0.05, 0.1) is 19.8 Å². The Morgan fingerprint density at radius 1 is 1.32 bits per heavy atom. The largest absolute Gasteiger partial charge is 0.448 e. The average Bonchev–Trinajstić information content (AvgIpc) is 2.97. The molecule has 1 amide bonds. The van der Waals surface area contributed by atoms with Gasteiger partial charge in [-0.2, -0.15) is 5.06 Å². The number of benzene rings is 1. The highest BCUT2D eigenvalue weighted by atomic mass is 28.3. The number of aromatic nitrogens is 1. The Kier molecular flexibility index (Phi) is 6.84. The summed E-state index contributed by atoms with van der Waals surface area (Å²) in [6, 6.07) is 9.06. The third kappa shape index (κ3) is 6.06. The summed E-state index contributed by atoms with van der Waals surface area (Å²) in [5.41, 5.74) is 2.24. The van der Waals surface area contributed by atoms with Crippen LogP contribution >= 0.6 is 0 Å². The van der Waals surface area contributed by atoms with Crippen LogP contribution in [0.4, 0.5) is 4.79 Å². The van der Waals surface area contributed by atoms with Crippen LogP contribution in [0.25, 0.3) is 10.9 Å². The fraction of sp³-hybridized carbons (Fsp3) is 0.421. The molecule has 0 aliphatic heterocycles. The van der Waals surface area contributed by atoms with E-state index < -0.39 is 14.2 Å². The summed E-state index contributed by atoms with van der Waals surface area (Å²) in [6.07, 6.45) is 3.85. The van der Waals surface area contributed by atoms with Gasteiger partial charge in [0.15, 0.2) is 0 Å². The molecule has 0 unspecified atom stereocenters. The number of para-hydroxylation sites is 1. The molecule has 0 saturated heterocycles. The van der Waals surface area contributed by atoms with Gasteiger partial charge >= 0.3 is 6.09 Å². The maximum absolute atomic E-state index is 12.3. The Labute approximate surface area is 150 Å². The molecule has 2 aromatic rings. The minimum absolute atomic E-state index is 0.275. The highest BCUT2D eigenvalue weighted by molar-refractivity contribution is 6.76. The zero-order valence-electron chi connectivity index (χ0n) is 15.4. The van der Waals surface area contributed by atoms with Crippen molar-refractivity contribution >= 4 is 25.1 Å². The number of aromatic amines is 1. The first-order chi connectivity index (χ1) is 11.9. The van der Waals surface area contributed by atoms with E-state index in [1.54, 1.807) is 6.08 Å². The number of ether oxygens (including phenoxy) is 1. The summed E-state index contributed by atoms with van der Waals surface area (Å²) in [5.74, 6) is 0. The predicted molar refractivity (Wildman–Crippen MR) is 104 cm³/mol. The van der Waals surface area contributed by atoms with E-state index in [0.29, 0.717) is 19.6 Å². The van der Waals surface area contributed by atoms with E-state index >= 15 is 0 Å². The first-order valence-electron chi connectivity index (χ1n) is 8.64. The summed E-state index contributed by atoms with van der Waals surface area (Å²) in [7, 11) is -1.23. The van der Waals surface area contributed by atoms with Crippen LogP contribution in [0.5, 0.6) is 0 Å². The number of hydrogen-bond acceptors (Lipinski definition) is 3. The lowest BCUT2D eigenvalue weighted by atomic mass is 10.1. The molecule has 0 fully saturated rings. The van der Waals surface area contributed by atoms with E-state index in [1.165, 1.54) is 10.4 Å². The first kappa shape index (κ1) is 19.3. The van der Waals surface area contributed by atoms with Crippen LogP contribution in [0.2, 0.25) is 25.7 Å². The van der Waals surface area contributed by atoms with Gasteiger partial charge in [0.2, 0.25) is 0 Å². The molecule has 0 bridgehead atoms. The van der Waals surface area contributed by atoms with Gasteiger partial charge in [-0.25, -0.2) is 4.79 Å². The Bertz CT molecular complexity index is 706. The van der Waals surface area contributed by atoms with E-state index in [1.807, 2.05) is 24.4 Å². The molecule has 6 heteroatoms. The van der Waals surface area contributed by atoms with Gasteiger partial charge in [0, 0.05) is 25.2 Å². The highest BCUT2D eigenvalue weighted by Gasteiger charge is 2.19. The second-order valence-corrected chi connectivity index (χ2v) is 12.8. The van der Waals surface area contributed by atoms with Crippen LogP contribution in [0.3, 0.4) is 0 Å². The number of carbonyl (C=O) groups excluding carboxylic acids is 1.